The van der Waals surface area contributed by atoms with E-state index in [0.717, 1.165) is 5.02 Å². The summed E-state index contributed by atoms with van der Waals surface area (Å²) in [6.45, 7) is 6.28. The van der Waals surface area contributed by atoms with Crippen LogP contribution in [-0.2, 0) is 0 Å². The van der Waals surface area contributed by atoms with Crippen LogP contribution in [0.3, 0.4) is 0 Å². The number of rotatable bonds is 3. The summed E-state index contributed by atoms with van der Waals surface area (Å²) in [4.78, 5) is 0. The molecule has 1 nitrogen and oxygen atoms in total. The second-order valence-corrected chi connectivity index (χ2v) is 3.91. The van der Waals surface area contributed by atoms with Gasteiger partial charge in [0.1, 0.15) is 0 Å². The smallest absolute Gasteiger partial charge is 0.0470 e. The summed E-state index contributed by atoms with van der Waals surface area (Å²) in [6, 6.07) is 8.51. The van der Waals surface area contributed by atoms with Crippen LogP contribution in [0.1, 0.15) is 32.4 Å². The molecule has 0 amide bonds. The lowest BCUT2D eigenvalue weighted by atomic mass is 10.1. The number of benzene rings is 1. The molecule has 1 aromatic rings. The normalized spacial score (nSPS) is 13.3. The average Bonchev–Trinajstić information content (AvgIpc) is 2.04. The Kier molecular flexibility index (Phi) is 3.76. The molecule has 0 saturated carbocycles. The highest BCUT2D eigenvalue weighted by atomic mass is 35.5. The highest BCUT2D eigenvalue weighted by Crippen LogP contribution is 2.17. The van der Waals surface area contributed by atoms with E-state index < -0.39 is 0 Å². The summed E-state index contributed by atoms with van der Waals surface area (Å²) in [5.74, 6) is 0. The van der Waals surface area contributed by atoms with Crippen LogP contribution in [-0.4, -0.2) is 6.04 Å². The molecule has 1 atom stereocenters. The van der Waals surface area contributed by atoms with Crippen molar-refractivity contribution in [3.8, 4) is 0 Å². The molecule has 0 saturated heterocycles. The predicted octanol–water partition coefficient (Wildman–Crippen LogP) is 3.41. The van der Waals surface area contributed by atoms with Crippen molar-refractivity contribution >= 4 is 11.6 Å². The average molecular weight is 197 g/mol. The number of halogens is 1. The zero-order chi connectivity index (χ0) is 9.84. The van der Waals surface area contributed by atoms with Gasteiger partial charge in [-0.2, -0.15) is 0 Å². The fourth-order valence-corrected chi connectivity index (χ4v) is 1.40. The Morgan fingerprint density at radius 3 is 2.08 bits per heavy atom. The summed E-state index contributed by atoms with van der Waals surface area (Å²) >= 11 is 5.79. The van der Waals surface area contributed by atoms with Crippen LogP contribution in [0, 0.1) is 0 Å². The fourth-order valence-electron chi connectivity index (χ4n) is 1.27. The first-order valence-electron chi connectivity index (χ1n) is 4.55. The lowest BCUT2D eigenvalue weighted by Gasteiger charge is -2.14. The standard InChI is InChI=1S/C11H15ClN/c1-8(2)13-9(3)10-4-6-11(12)7-5-10/h4-9H,1-3H3/t9-/m1/s1. The molecule has 1 rings (SSSR count). The van der Waals surface area contributed by atoms with E-state index in [-0.39, 0.29) is 6.04 Å². The topological polar surface area (TPSA) is 14.1 Å². The Labute approximate surface area is 85.1 Å². The van der Waals surface area contributed by atoms with Gasteiger partial charge < -0.3 is 0 Å². The van der Waals surface area contributed by atoms with Gasteiger partial charge in [0, 0.05) is 17.1 Å². The van der Waals surface area contributed by atoms with E-state index in [9.17, 15) is 0 Å². The predicted molar refractivity (Wildman–Crippen MR) is 57.1 cm³/mol. The highest BCUT2D eigenvalue weighted by molar-refractivity contribution is 6.30. The van der Waals surface area contributed by atoms with Gasteiger partial charge in [-0.15, -0.1) is 0 Å². The first-order chi connectivity index (χ1) is 6.09. The van der Waals surface area contributed by atoms with Crippen LogP contribution in [0.2, 0.25) is 5.02 Å². The molecule has 0 fully saturated rings. The van der Waals surface area contributed by atoms with Crippen LogP contribution in [0.5, 0.6) is 0 Å². The quantitative estimate of drug-likeness (QED) is 0.704. The lowest BCUT2D eigenvalue weighted by molar-refractivity contribution is 0.493. The third kappa shape index (κ3) is 3.37. The van der Waals surface area contributed by atoms with E-state index in [1.54, 1.807) is 0 Å². The van der Waals surface area contributed by atoms with Crippen molar-refractivity contribution in [2.45, 2.75) is 32.9 Å². The van der Waals surface area contributed by atoms with Gasteiger partial charge in [-0.3, -0.25) is 0 Å². The minimum Gasteiger partial charge on any atom is -0.231 e. The third-order valence-electron chi connectivity index (χ3n) is 1.87. The molecular formula is C11H15ClN. The summed E-state index contributed by atoms with van der Waals surface area (Å²) in [7, 11) is 0. The summed E-state index contributed by atoms with van der Waals surface area (Å²) < 4.78 is 0. The van der Waals surface area contributed by atoms with Gasteiger partial charge in [-0.1, -0.05) is 23.7 Å². The molecule has 0 heterocycles. The molecule has 2 heteroatoms. The van der Waals surface area contributed by atoms with E-state index in [1.807, 2.05) is 24.3 Å². The second-order valence-electron chi connectivity index (χ2n) is 3.47. The first kappa shape index (κ1) is 10.6. The molecule has 0 spiro atoms. The SMILES string of the molecule is CC(C)[N][C@H](C)c1ccc(Cl)cc1. The van der Waals surface area contributed by atoms with Crippen LogP contribution in [0.4, 0.5) is 0 Å². The number of hydrogen-bond acceptors (Lipinski definition) is 0. The molecule has 71 valence electrons. The van der Waals surface area contributed by atoms with Crippen LogP contribution in [0.25, 0.3) is 0 Å². The summed E-state index contributed by atoms with van der Waals surface area (Å²) in [6.07, 6.45) is 0. The fraction of sp³-hybridized carbons (Fsp3) is 0.455. The van der Waals surface area contributed by atoms with E-state index in [1.165, 1.54) is 5.56 Å². The Bertz CT molecular complexity index is 253. The van der Waals surface area contributed by atoms with Crippen molar-refractivity contribution in [3.63, 3.8) is 0 Å². The maximum atomic E-state index is 5.79. The van der Waals surface area contributed by atoms with Crippen molar-refractivity contribution in [1.82, 2.24) is 5.32 Å². The maximum Gasteiger partial charge on any atom is 0.0470 e. The van der Waals surface area contributed by atoms with Gasteiger partial charge in [-0.25, -0.2) is 5.32 Å². The third-order valence-corrected chi connectivity index (χ3v) is 2.13. The molecule has 13 heavy (non-hydrogen) atoms. The van der Waals surface area contributed by atoms with Crippen molar-refractivity contribution in [2.75, 3.05) is 0 Å². The van der Waals surface area contributed by atoms with Gasteiger partial charge in [0.15, 0.2) is 0 Å². The van der Waals surface area contributed by atoms with E-state index in [2.05, 4.69) is 26.1 Å². The lowest BCUT2D eigenvalue weighted by Crippen LogP contribution is -2.18. The Morgan fingerprint density at radius 2 is 1.62 bits per heavy atom. The molecule has 0 bridgehead atoms. The zero-order valence-corrected chi connectivity index (χ0v) is 9.05. The van der Waals surface area contributed by atoms with E-state index in [0.29, 0.717) is 6.04 Å². The minimum absolute atomic E-state index is 0.261. The molecular weight excluding hydrogens is 182 g/mol. The Hall–Kier alpha value is -0.530. The van der Waals surface area contributed by atoms with Crippen LogP contribution in [0.15, 0.2) is 24.3 Å². The molecule has 0 aromatic heterocycles. The van der Waals surface area contributed by atoms with Crippen molar-refractivity contribution in [2.24, 2.45) is 0 Å². The number of hydrogen-bond donors (Lipinski definition) is 0. The van der Waals surface area contributed by atoms with Gasteiger partial charge in [-0.05, 0) is 38.5 Å². The van der Waals surface area contributed by atoms with Gasteiger partial charge in [0.05, 0.1) is 0 Å². The molecule has 0 unspecified atom stereocenters. The first-order valence-corrected chi connectivity index (χ1v) is 4.93. The largest absolute Gasteiger partial charge is 0.231 e. The van der Waals surface area contributed by atoms with E-state index >= 15 is 0 Å². The Balaban J connectivity index is 2.66. The molecule has 0 aliphatic rings. The zero-order valence-electron chi connectivity index (χ0n) is 8.29. The molecule has 0 aliphatic heterocycles. The molecule has 1 aromatic carbocycles. The van der Waals surface area contributed by atoms with Crippen molar-refractivity contribution in [3.05, 3.63) is 34.9 Å². The second kappa shape index (κ2) is 4.64. The monoisotopic (exact) mass is 196 g/mol. The summed E-state index contributed by atoms with van der Waals surface area (Å²) in [5.41, 5.74) is 1.22. The van der Waals surface area contributed by atoms with Gasteiger partial charge >= 0.3 is 0 Å². The number of nitrogens with zero attached hydrogens (tertiary/aromatic N) is 1. The molecule has 0 aliphatic carbocycles. The Morgan fingerprint density at radius 1 is 1.08 bits per heavy atom. The van der Waals surface area contributed by atoms with Gasteiger partial charge in [0.2, 0.25) is 0 Å². The molecule has 1 radical (unpaired) electrons. The van der Waals surface area contributed by atoms with Crippen LogP contribution >= 0.6 is 11.6 Å². The van der Waals surface area contributed by atoms with Crippen molar-refractivity contribution < 1.29 is 0 Å². The molecule has 0 N–H and O–H groups in total. The highest BCUT2D eigenvalue weighted by Gasteiger charge is 2.06. The summed E-state index contributed by atoms with van der Waals surface area (Å²) in [5, 5.41) is 5.31. The minimum atomic E-state index is 0.261. The maximum absolute atomic E-state index is 5.79. The van der Waals surface area contributed by atoms with Crippen molar-refractivity contribution in [1.29, 1.82) is 0 Å². The van der Waals surface area contributed by atoms with Gasteiger partial charge in [0.25, 0.3) is 0 Å². The van der Waals surface area contributed by atoms with Crippen LogP contribution < -0.4 is 5.32 Å². The van der Waals surface area contributed by atoms with E-state index in [4.69, 9.17) is 11.6 Å².